The second kappa shape index (κ2) is 14.3. The van der Waals surface area contributed by atoms with Gasteiger partial charge in [0.2, 0.25) is 0 Å². The Morgan fingerprint density at radius 3 is 1.83 bits per heavy atom. The minimum absolute atomic E-state index is 0.213. The number of methoxy groups -OCH3 is 1. The number of hydrogen-bond donors (Lipinski definition) is 1. The molecule has 4 heteroatoms. The maximum Gasteiger partial charge on any atom is 0.126 e. The van der Waals surface area contributed by atoms with Gasteiger partial charge in [-0.2, -0.15) is 0 Å². The molecule has 2 heterocycles. The van der Waals surface area contributed by atoms with Crippen LogP contribution < -0.4 is 14.5 Å². The van der Waals surface area contributed by atoms with Crippen molar-refractivity contribution in [2.45, 2.75) is 0 Å². The smallest absolute Gasteiger partial charge is 0.126 e. The normalized spacial score (nSPS) is 15.9. The summed E-state index contributed by atoms with van der Waals surface area (Å²) in [7, 11) is 1.70. The van der Waals surface area contributed by atoms with Gasteiger partial charge in [0.1, 0.15) is 11.5 Å². The molecule has 256 valence electrons. The second-order valence-electron chi connectivity index (χ2n) is 13.0. The Labute approximate surface area is 311 Å². The number of aromatic hydroxyl groups is 1. The van der Waals surface area contributed by atoms with E-state index in [0.717, 1.165) is 84.2 Å². The van der Waals surface area contributed by atoms with Crippen LogP contribution in [0.5, 0.6) is 11.5 Å². The van der Waals surface area contributed by atoms with Gasteiger partial charge < -0.3 is 19.6 Å². The first-order valence-corrected chi connectivity index (χ1v) is 17.6. The van der Waals surface area contributed by atoms with Crippen LogP contribution in [-0.2, 0) is 0 Å². The average molecular weight is 687 g/mol. The van der Waals surface area contributed by atoms with Crippen LogP contribution in [0.4, 0.5) is 22.7 Å². The quantitative estimate of drug-likeness (QED) is 0.189. The molecule has 8 rings (SSSR count). The maximum absolute atomic E-state index is 11.2. The zero-order valence-electron chi connectivity index (χ0n) is 29.5. The fourth-order valence-corrected chi connectivity index (χ4v) is 7.00. The van der Waals surface area contributed by atoms with Crippen molar-refractivity contribution in [3.05, 3.63) is 207 Å². The molecule has 0 aliphatic carbocycles. The van der Waals surface area contributed by atoms with Gasteiger partial charge in [-0.3, -0.25) is 0 Å². The minimum Gasteiger partial charge on any atom is -0.507 e. The number of nitrogens with zero attached hydrogens (tertiary/aromatic N) is 2. The number of allylic oxidation sites excluding steroid dienone is 8. The zero-order valence-corrected chi connectivity index (χ0v) is 29.5. The van der Waals surface area contributed by atoms with E-state index in [4.69, 9.17) is 4.74 Å². The van der Waals surface area contributed by atoms with Crippen LogP contribution in [-0.4, -0.2) is 12.2 Å². The highest BCUT2D eigenvalue weighted by atomic mass is 16.5. The summed E-state index contributed by atoms with van der Waals surface area (Å²) >= 11 is 0. The van der Waals surface area contributed by atoms with Crippen LogP contribution in [0.15, 0.2) is 195 Å². The molecule has 4 nitrogen and oxygen atoms in total. The molecule has 0 radical (unpaired) electrons. The number of phenols is 1. The second-order valence-corrected chi connectivity index (χ2v) is 13.0. The van der Waals surface area contributed by atoms with E-state index in [-0.39, 0.29) is 5.75 Å². The van der Waals surface area contributed by atoms with Crippen LogP contribution in [0.25, 0.3) is 44.5 Å². The molecule has 0 fully saturated rings. The highest BCUT2D eigenvalue weighted by molar-refractivity contribution is 5.91. The minimum atomic E-state index is 0.213. The molecule has 53 heavy (non-hydrogen) atoms. The Kier molecular flexibility index (Phi) is 8.93. The lowest BCUT2D eigenvalue weighted by molar-refractivity contribution is 0.416. The number of ether oxygens (including phenoxy) is 1. The molecular weight excluding hydrogens is 649 g/mol. The Balaban J connectivity index is 1.18. The van der Waals surface area contributed by atoms with Gasteiger partial charge in [0.15, 0.2) is 0 Å². The van der Waals surface area contributed by atoms with Crippen LogP contribution in [0.1, 0.15) is 11.1 Å². The summed E-state index contributed by atoms with van der Waals surface area (Å²) in [5, 5.41) is 11.2. The number of anilines is 4. The van der Waals surface area contributed by atoms with Crippen molar-refractivity contribution in [2.24, 2.45) is 0 Å². The van der Waals surface area contributed by atoms with Gasteiger partial charge in [0.05, 0.1) is 18.5 Å². The molecule has 2 aliphatic rings. The van der Waals surface area contributed by atoms with E-state index < -0.39 is 0 Å². The average Bonchev–Trinajstić information content (AvgIpc) is 3.19. The van der Waals surface area contributed by atoms with E-state index in [1.54, 1.807) is 13.2 Å². The predicted molar refractivity (Wildman–Crippen MR) is 223 cm³/mol. The van der Waals surface area contributed by atoms with E-state index in [9.17, 15) is 5.11 Å². The molecule has 0 bridgehead atoms. The van der Waals surface area contributed by atoms with Gasteiger partial charge in [0, 0.05) is 46.0 Å². The molecule has 0 saturated heterocycles. The number of phenolic OH excluding ortho intramolecular Hbond substituents is 1. The van der Waals surface area contributed by atoms with E-state index >= 15 is 0 Å². The van der Waals surface area contributed by atoms with Gasteiger partial charge >= 0.3 is 0 Å². The topological polar surface area (TPSA) is 35.9 Å². The van der Waals surface area contributed by atoms with E-state index in [2.05, 4.69) is 108 Å². The lowest BCUT2D eigenvalue weighted by atomic mass is 9.92. The summed E-state index contributed by atoms with van der Waals surface area (Å²) in [6, 6.07) is 45.3. The first-order valence-electron chi connectivity index (χ1n) is 17.6. The standard InChI is InChI=1S/C49H38N2O2/c1-34-14-9-12-29-51(46-21-8-7-20-42(34)46)41-19-13-16-38(30-41)44-31-36(23-26-48(44)52)37-24-27-49(53-3)45(32-37)39-22-25-47-43(33-39)35(2)15-10-11-28-50(47)40-17-5-4-6-18-40/h4-33,52H,1-2H2,3H3/b14-9-,15-10-,28-11-,29-12-. The first-order chi connectivity index (χ1) is 26.0. The first kappa shape index (κ1) is 33.1. The summed E-state index contributed by atoms with van der Waals surface area (Å²) in [5.41, 5.74) is 13.7. The fraction of sp³-hybridized carbons (Fsp3) is 0.0204. The van der Waals surface area contributed by atoms with Crippen molar-refractivity contribution in [2.75, 3.05) is 16.9 Å². The Morgan fingerprint density at radius 2 is 1.06 bits per heavy atom. The van der Waals surface area contributed by atoms with Gasteiger partial charge in [-0.05, 0) is 112 Å². The van der Waals surface area contributed by atoms with Crippen LogP contribution >= 0.6 is 0 Å². The van der Waals surface area contributed by atoms with Crippen LogP contribution in [0, 0.1) is 0 Å². The van der Waals surface area contributed by atoms with E-state index in [1.807, 2.05) is 91.1 Å². The van der Waals surface area contributed by atoms with Crippen molar-refractivity contribution in [3.8, 4) is 44.9 Å². The molecule has 6 aromatic rings. The number of fused-ring (bicyclic) bond motifs is 2. The number of benzene rings is 6. The van der Waals surface area contributed by atoms with Gasteiger partial charge in [0.25, 0.3) is 0 Å². The number of rotatable bonds is 6. The zero-order chi connectivity index (χ0) is 36.3. The third-order valence-electron chi connectivity index (χ3n) is 9.71. The molecule has 2 aliphatic heterocycles. The molecule has 0 saturated carbocycles. The summed E-state index contributed by atoms with van der Waals surface area (Å²) in [5.74, 6) is 0.983. The molecule has 0 amide bonds. The third-order valence-corrected chi connectivity index (χ3v) is 9.71. The third kappa shape index (κ3) is 6.50. The van der Waals surface area contributed by atoms with Gasteiger partial charge in [-0.1, -0.05) is 104 Å². The highest BCUT2D eigenvalue weighted by Crippen LogP contribution is 2.43. The SMILES string of the molecule is C=C1/C=C\C=C/N(c2cccc(-c3cc(-c4ccc(OC)c(-c5ccc6c(c5)C(=C)/C=C\C=C/N6c5ccccc5)c4)ccc3O)c2)c2ccccc21. The summed E-state index contributed by atoms with van der Waals surface area (Å²) < 4.78 is 5.91. The molecular formula is C49H38N2O2. The van der Waals surface area contributed by atoms with Crippen molar-refractivity contribution >= 4 is 33.9 Å². The van der Waals surface area contributed by atoms with Crippen molar-refractivity contribution in [1.82, 2.24) is 0 Å². The van der Waals surface area contributed by atoms with Gasteiger partial charge in [-0.25, -0.2) is 0 Å². The maximum atomic E-state index is 11.2. The molecule has 6 aromatic carbocycles. The summed E-state index contributed by atoms with van der Waals surface area (Å²) in [6.07, 6.45) is 16.3. The number of para-hydroxylation sites is 2. The number of hydrogen-bond acceptors (Lipinski definition) is 4. The summed E-state index contributed by atoms with van der Waals surface area (Å²) in [4.78, 5) is 4.34. The van der Waals surface area contributed by atoms with E-state index in [1.165, 1.54) is 0 Å². The monoisotopic (exact) mass is 686 g/mol. The lowest BCUT2D eigenvalue weighted by Crippen LogP contribution is -2.11. The Hall–Kier alpha value is -7.04. The molecule has 0 unspecified atom stereocenters. The fourth-order valence-electron chi connectivity index (χ4n) is 7.00. The Bertz CT molecular complexity index is 2500. The molecule has 0 spiro atoms. The highest BCUT2D eigenvalue weighted by Gasteiger charge is 2.19. The molecule has 1 N–H and O–H groups in total. The van der Waals surface area contributed by atoms with Crippen molar-refractivity contribution in [1.29, 1.82) is 0 Å². The van der Waals surface area contributed by atoms with Crippen molar-refractivity contribution in [3.63, 3.8) is 0 Å². The van der Waals surface area contributed by atoms with Crippen LogP contribution in [0.2, 0.25) is 0 Å². The molecule has 0 aromatic heterocycles. The summed E-state index contributed by atoms with van der Waals surface area (Å²) in [6.45, 7) is 8.70. The predicted octanol–water partition coefficient (Wildman–Crippen LogP) is 12.9. The van der Waals surface area contributed by atoms with Crippen LogP contribution in [0.3, 0.4) is 0 Å². The van der Waals surface area contributed by atoms with Gasteiger partial charge in [-0.15, -0.1) is 0 Å². The van der Waals surface area contributed by atoms with E-state index in [0.29, 0.717) is 0 Å². The van der Waals surface area contributed by atoms with Crippen molar-refractivity contribution < 1.29 is 9.84 Å². The Morgan fingerprint density at radius 1 is 0.472 bits per heavy atom. The largest absolute Gasteiger partial charge is 0.507 e. The lowest BCUT2D eigenvalue weighted by Gasteiger charge is -2.26. The molecule has 0 atom stereocenters.